The molecule has 0 heterocycles. The fourth-order valence-corrected chi connectivity index (χ4v) is 4.30. The molecule has 0 aliphatic heterocycles. The van der Waals surface area contributed by atoms with Gasteiger partial charge in [0.1, 0.15) is 0 Å². The van der Waals surface area contributed by atoms with Crippen molar-refractivity contribution in [3.05, 3.63) is 102 Å². The Balaban J connectivity index is 1.86. The Bertz CT molecular complexity index is 1130. The van der Waals surface area contributed by atoms with Gasteiger partial charge in [-0.1, -0.05) is 60.7 Å². The molecule has 3 rings (SSSR count). The molecule has 3 aromatic carbocycles. The minimum Gasteiger partial charge on any atom is -0.339 e. The first kappa shape index (κ1) is 22.2. The SMILES string of the molecule is CC(NC(=O)c1ccc(S(=O)(=O)NCCC#N)cc1)(c1ccccc1)c1ccccc1. The van der Waals surface area contributed by atoms with Crippen molar-refractivity contribution >= 4 is 15.9 Å². The molecule has 0 saturated carbocycles. The van der Waals surface area contributed by atoms with Gasteiger partial charge in [0.05, 0.1) is 16.5 Å². The van der Waals surface area contributed by atoms with Crippen LogP contribution >= 0.6 is 0 Å². The molecular formula is C24H23N3O3S. The van der Waals surface area contributed by atoms with Crippen LogP contribution in [0.25, 0.3) is 0 Å². The van der Waals surface area contributed by atoms with Crippen molar-refractivity contribution in [2.45, 2.75) is 23.8 Å². The number of nitriles is 1. The van der Waals surface area contributed by atoms with E-state index in [-0.39, 0.29) is 23.8 Å². The first-order valence-electron chi connectivity index (χ1n) is 9.77. The van der Waals surface area contributed by atoms with Crippen LogP contribution < -0.4 is 10.0 Å². The molecule has 0 aliphatic carbocycles. The number of amides is 1. The predicted octanol–water partition coefficient (Wildman–Crippen LogP) is 3.57. The van der Waals surface area contributed by atoms with Gasteiger partial charge in [-0.05, 0) is 42.3 Å². The van der Waals surface area contributed by atoms with Crippen molar-refractivity contribution in [1.29, 1.82) is 5.26 Å². The molecule has 0 aliphatic rings. The zero-order valence-corrected chi connectivity index (χ0v) is 17.9. The van der Waals surface area contributed by atoms with Gasteiger partial charge < -0.3 is 5.32 Å². The van der Waals surface area contributed by atoms with Crippen LogP contribution in [0.1, 0.15) is 34.8 Å². The molecule has 3 aromatic rings. The largest absolute Gasteiger partial charge is 0.339 e. The van der Waals surface area contributed by atoms with Crippen LogP contribution in [-0.4, -0.2) is 20.9 Å². The molecule has 158 valence electrons. The Morgan fingerprint density at radius 2 is 1.42 bits per heavy atom. The molecule has 6 nitrogen and oxygen atoms in total. The number of carbonyl (C=O) groups excluding carboxylic acids is 1. The number of rotatable bonds is 8. The monoisotopic (exact) mass is 433 g/mol. The predicted molar refractivity (Wildman–Crippen MR) is 119 cm³/mol. The van der Waals surface area contributed by atoms with Gasteiger partial charge in [0, 0.05) is 18.5 Å². The van der Waals surface area contributed by atoms with Crippen LogP contribution in [0.2, 0.25) is 0 Å². The highest BCUT2D eigenvalue weighted by Gasteiger charge is 2.31. The Hall–Kier alpha value is -3.47. The first-order valence-corrected chi connectivity index (χ1v) is 11.3. The number of hydrogen-bond acceptors (Lipinski definition) is 4. The summed E-state index contributed by atoms with van der Waals surface area (Å²) in [5.74, 6) is -0.323. The highest BCUT2D eigenvalue weighted by Crippen LogP contribution is 2.29. The van der Waals surface area contributed by atoms with E-state index < -0.39 is 15.6 Å². The van der Waals surface area contributed by atoms with Crippen molar-refractivity contribution in [1.82, 2.24) is 10.0 Å². The van der Waals surface area contributed by atoms with Gasteiger partial charge in [0.2, 0.25) is 10.0 Å². The normalized spacial score (nSPS) is 11.5. The minimum absolute atomic E-state index is 0.0353. The van der Waals surface area contributed by atoms with E-state index in [1.807, 2.05) is 73.7 Å². The van der Waals surface area contributed by atoms with Crippen molar-refractivity contribution < 1.29 is 13.2 Å². The third-order valence-electron chi connectivity index (χ3n) is 5.02. The van der Waals surface area contributed by atoms with Crippen molar-refractivity contribution in [3.63, 3.8) is 0 Å². The highest BCUT2D eigenvalue weighted by atomic mass is 32.2. The molecule has 0 bridgehead atoms. The smallest absolute Gasteiger partial charge is 0.252 e. The van der Waals surface area contributed by atoms with Crippen LogP contribution in [0.15, 0.2) is 89.8 Å². The highest BCUT2D eigenvalue weighted by molar-refractivity contribution is 7.89. The Labute approximate surface area is 182 Å². The zero-order chi connectivity index (χ0) is 22.3. The Kier molecular flexibility index (Phi) is 6.85. The number of nitrogens with zero attached hydrogens (tertiary/aromatic N) is 1. The second kappa shape index (κ2) is 9.56. The van der Waals surface area contributed by atoms with Crippen molar-refractivity contribution in [2.75, 3.05) is 6.54 Å². The lowest BCUT2D eigenvalue weighted by atomic mass is 9.84. The van der Waals surface area contributed by atoms with Crippen LogP contribution in [-0.2, 0) is 15.6 Å². The molecule has 2 N–H and O–H groups in total. The Morgan fingerprint density at radius 3 is 1.90 bits per heavy atom. The van der Waals surface area contributed by atoms with Crippen molar-refractivity contribution in [2.24, 2.45) is 0 Å². The summed E-state index contributed by atoms with van der Waals surface area (Å²) in [4.78, 5) is 13.1. The van der Waals surface area contributed by atoms with E-state index in [0.29, 0.717) is 5.56 Å². The number of benzene rings is 3. The minimum atomic E-state index is -3.73. The number of carbonyl (C=O) groups is 1. The standard InChI is InChI=1S/C24H23N3O3S/c1-24(20-9-4-2-5-10-20,21-11-6-3-7-12-21)27-23(28)19-13-15-22(16-14-19)31(29,30)26-18-8-17-25/h2-7,9-16,26H,8,18H2,1H3,(H,27,28). The maximum Gasteiger partial charge on any atom is 0.252 e. The molecule has 0 unspecified atom stereocenters. The van der Waals surface area contributed by atoms with Gasteiger partial charge in [-0.25, -0.2) is 13.1 Å². The third-order valence-corrected chi connectivity index (χ3v) is 6.50. The van der Waals surface area contributed by atoms with Crippen molar-refractivity contribution in [3.8, 4) is 6.07 Å². The van der Waals surface area contributed by atoms with Crippen LogP contribution in [0.3, 0.4) is 0 Å². The summed E-state index contributed by atoms with van der Waals surface area (Å²) in [6.07, 6.45) is 0.0806. The summed E-state index contributed by atoms with van der Waals surface area (Å²) in [5.41, 5.74) is 1.42. The van der Waals surface area contributed by atoms with E-state index >= 15 is 0 Å². The van der Waals surface area contributed by atoms with Gasteiger partial charge in [-0.2, -0.15) is 5.26 Å². The lowest BCUT2D eigenvalue weighted by molar-refractivity contribution is 0.0919. The van der Waals surface area contributed by atoms with E-state index in [0.717, 1.165) is 11.1 Å². The van der Waals surface area contributed by atoms with Gasteiger partial charge in [0.15, 0.2) is 0 Å². The number of sulfonamides is 1. The average Bonchev–Trinajstić information content (AvgIpc) is 2.80. The van der Waals surface area contributed by atoms with Gasteiger partial charge in [0.25, 0.3) is 5.91 Å². The molecule has 1 amide bonds. The van der Waals surface area contributed by atoms with Crippen LogP contribution in [0.4, 0.5) is 0 Å². The van der Waals surface area contributed by atoms with Gasteiger partial charge >= 0.3 is 0 Å². The fraction of sp³-hybridized carbons (Fsp3) is 0.167. The molecule has 0 aromatic heterocycles. The number of nitrogens with one attached hydrogen (secondary N) is 2. The summed E-state index contributed by atoms with van der Waals surface area (Å²) in [7, 11) is -3.73. The molecule has 0 fully saturated rings. The molecule has 0 spiro atoms. The first-order chi connectivity index (χ1) is 14.9. The van der Waals surface area contributed by atoms with E-state index in [9.17, 15) is 13.2 Å². The molecular weight excluding hydrogens is 410 g/mol. The van der Waals surface area contributed by atoms with Crippen LogP contribution in [0.5, 0.6) is 0 Å². The fourth-order valence-electron chi connectivity index (χ4n) is 3.26. The maximum absolute atomic E-state index is 13.1. The second-order valence-electron chi connectivity index (χ2n) is 7.14. The van der Waals surface area contributed by atoms with Gasteiger partial charge in [-0.3, -0.25) is 4.79 Å². The van der Waals surface area contributed by atoms with Gasteiger partial charge in [-0.15, -0.1) is 0 Å². The third kappa shape index (κ3) is 5.18. The number of hydrogen-bond donors (Lipinski definition) is 2. The average molecular weight is 434 g/mol. The van der Waals surface area contributed by atoms with E-state index in [1.165, 1.54) is 24.3 Å². The summed E-state index contributed by atoms with van der Waals surface area (Å²) in [5, 5.41) is 11.7. The molecule has 7 heteroatoms. The molecule has 31 heavy (non-hydrogen) atoms. The van der Waals surface area contributed by atoms with E-state index in [4.69, 9.17) is 5.26 Å². The van der Waals surface area contributed by atoms with E-state index in [2.05, 4.69) is 10.0 Å². The topological polar surface area (TPSA) is 99.1 Å². The summed E-state index contributed by atoms with van der Waals surface area (Å²) in [6.45, 7) is 1.97. The second-order valence-corrected chi connectivity index (χ2v) is 8.91. The lowest BCUT2D eigenvalue weighted by Gasteiger charge is -2.32. The summed E-state index contributed by atoms with van der Waals surface area (Å²) >= 11 is 0. The summed E-state index contributed by atoms with van der Waals surface area (Å²) in [6, 6.07) is 26.9. The lowest BCUT2D eigenvalue weighted by Crippen LogP contribution is -2.44. The molecule has 0 saturated heterocycles. The maximum atomic E-state index is 13.1. The molecule has 0 radical (unpaired) electrons. The quantitative estimate of drug-likeness (QED) is 0.531. The summed E-state index contributed by atoms with van der Waals surface area (Å²) < 4.78 is 26.9. The van der Waals surface area contributed by atoms with Crippen LogP contribution in [0, 0.1) is 11.3 Å². The van der Waals surface area contributed by atoms with E-state index in [1.54, 1.807) is 0 Å². The zero-order valence-electron chi connectivity index (χ0n) is 17.1. The Morgan fingerprint density at radius 1 is 0.903 bits per heavy atom. The molecule has 0 atom stereocenters.